The second-order valence-corrected chi connectivity index (χ2v) is 4.63. The maximum atomic E-state index is 3.14. The molecule has 60 valence electrons. The van der Waals surface area contributed by atoms with Crippen molar-refractivity contribution < 1.29 is 0 Å². The Kier molecular flexibility index (Phi) is 3.45. The van der Waals surface area contributed by atoms with Crippen LogP contribution in [0.15, 0.2) is 9.66 Å². The average Bonchev–Trinajstić information content (AvgIpc) is 1.93. The molecule has 0 aromatic carbocycles. The van der Waals surface area contributed by atoms with E-state index in [0.717, 1.165) is 18.3 Å². The lowest BCUT2D eigenvalue weighted by atomic mass is 9.92. The average molecular weight is 260 g/mol. The highest BCUT2D eigenvalue weighted by Gasteiger charge is 2.13. The fourth-order valence-electron chi connectivity index (χ4n) is 1.28. The summed E-state index contributed by atoms with van der Waals surface area (Å²) in [5.41, 5.74) is 0. The first-order chi connectivity index (χ1) is 5.20. The molecule has 1 aliphatic carbocycles. The van der Waals surface area contributed by atoms with Gasteiger partial charge in [-0.25, -0.2) is 0 Å². The van der Waals surface area contributed by atoms with E-state index in [-0.39, 0.29) is 0 Å². The summed E-state index contributed by atoms with van der Waals surface area (Å²) in [5.74, 6) is 7.67. The number of rotatable bonds is 2. The van der Waals surface area contributed by atoms with Crippen molar-refractivity contribution in [1.29, 1.82) is 0 Å². The van der Waals surface area contributed by atoms with Crippen molar-refractivity contribution in [2.24, 2.45) is 11.8 Å². The highest BCUT2D eigenvalue weighted by Crippen LogP contribution is 2.29. The quantitative estimate of drug-likeness (QED) is 0.527. The molecular formula is C10H13I. The molecule has 0 heterocycles. The monoisotopic (exact) mass is 260 g/mol. The second-order valence-electron chi connectivity index (χ2n) is 3.38. The molecule has 0 aromatic heterocycles. The van der Waals surface area contributed by atoms with Gasteiger partial charge >= 0.3 is 0 Å². The molecule has 0 nitrogen and oxygen atoms in total. The van der Waals surface area contributed by atoms with Gasteiger partial charge in [0.15, 0.2) is 0 Å². The van der Waals surface area contributed by atoms with Gasteiger partial charge in [0.05, 0.1) is 0 Å². The number of hydrogen-bond acceptors (Lipinski definition) is 0. The third-order valence-corrected chi connectivity index (χ3v) is 3.00. The Morgan fingerprint density at radius 3 is 3.00 bits per heavy atom. The fourth-order valence-corrected chi connectivity index (χ4v) is 1.91. The summed E-state index contributed by atoms with van der Waals surface area (Å²) in [5, 5.41) is 0. The SMILES string of the molecule is CC(C)CC1CC#CC=C1I. The van der Waals surface area contributed by atoms with Gasteiger partial charge in [0.2, 0.25) is 0 Å². The van der Waals surface area contributed by atoms with E-state index in [0.29, 0.717) is 0 Å². The zero-order valence-electron chi connectivity index (χ0n) is 7.02. The van der Waals surface area contributed by atoms with Gasteiger partial charge in [0.1, 0.15) is 0 Å². The molecule has 11 heavy (non-hydrogen) atoms. The Balaban J connectivity index is 2.51. The lowest BCUT2D eigenvalue weighted by molar-refractivity contribution is 0.479. The Morgan fingerprint density at radius 2 is 2.45 bits per heavy atom. The van der Waals surface area contributed by atoms with E-state index in [4.69, 9.17) is 0 Å². The molecule has 0 fully saturated rings. The van der Waals surface area contributed by atoms with Crippen molar-refractivity contribution in [3.05, 3.63) is 9.66 Å². The smallest absolute Gasteiger partial charge is 0.0166 e. The predicted molar refractivity (Wildman–Crippen MR) is 57.4 cm³/mol. The van der Waals surface area contributed by atoms with Crippen LogP contribution in [0.4, 0.5) is 0 Å². The standard InChI is InChI=1S/C10H13I/c1-8(2)7-9-5-3-4-6-10(9)11/h6,8-9H,5,7H2,1-2H3. The van der Waals surface area contributed by atoms with Gasteiger partial charge in [-0.05, 0) is 41.0 Å². The molecule has 1 rings (SSSR count). The molecule has 0 aliphatic heterocycles. The molecular weight excluding hydrogens is 247 g/mol. The summed E-state index contributed by atoms with van der Waals surface area (Å²) >= 11 is 2.41. The first-order valence-electron chi connectivity index (χ1n) is 4.04. The van der Waals surface area contributed by atoms with Crippen molar-refractivity contribution in [2.45, 2.75) is 26.7 Å². The minimum absolute atomic E-state index is 0.719. The van der Waals surface area contributed by atoms with E-state index in [1.165, 1.54) is 10.0 Å². The zero-order valence-corrected chi connectivity index (χ0v) is 9.18. The van der Waals surface area contributed by atoms with Crippen LogP contribution >= 0.6 is 22.6 Å². The van der Waals surface area contributed by atoms with Crippen molar-refractivity contribution in [3.63, 3.8) is 0 Å². The van der Waals surface area contributed by atoms with Crippen LogP contribution in [0.3, 0.4) is 0 Å². The highest BCUT2D eigenvalue weighted by atomic mass is 127. The van der Waals surface area contributed by atoms with Gasteiger partial charge < -0.3 is 0 Å². The van der Waals surface area contributed by atoms with Crippen LogP contribution in [0.25, 0.3) is 0 Å². The Bertz CT molecular complexity index is 215. The molecule has 0 N–H and O–H groups in total. The summed E-state index contributed by atoms with van der Waals surface area (Å²) < 4.78 is 1.44. The second kappa shape index (κ2) is 4.15. The predicted octanol–water partition coefficient (Wildman–Crippen LogP) is 3.37. The van der Waals surface area contributed by atoms with Gasteiger partial charge in [0, 0.05) is 15.9 Å². The summed E-state index contributed by atoms with van der Waals surface area (Å²) in [6, 6.07) is 0. The normalized spacial score (nSPS) is 22.5. The van der Waals surface area contributed by atoms with Crippen LogP contribution in [0.1, 0.15) is 26.7 Å². The molecule has 0 saturated heterocycles. The third-order valence-electron chi connectivity index (χ3n) is 1.81. The van der Waals surface area contributed by atoms with Crippen LogP contribution in [-0.2, 0) is 0 Å². The van der Waals surface area contributed by atoms with Crippen molar-refractivity contribution in [2.75, 3.05) is 0 Å². The number of hydrogen-bond donors (Lipinski definition) is 0. The first kappa shape index (κ1) is 9.12. The minimum Gasteiger partial charge on any atom is -0.0978 e. The van der Waals surface area contributed by atoms with Crippen LogP contribution < -0.4 is 0 Å². The molecule has 0 amide bonds. The fraction of sp³-hybridized carbons (Fsp3) is 0.600. The van der Waals surface area contributed by atoms with E-state index in [9.17, 15) is 0 Å². The van der Waals surface area contributed by atoms with E-state index in [2.05, 4.69) is 54.4 Å². The summed E-state index contributed by atoms with van der Waals surface area (Å²) in [4.78, 5) is 0. The molecule has 1 heteroatoms. The van der Waals surface area contributed by atoms with Crippen molar-refractivity contribution in [1.82, 2.24) is 0 Å². The molecule has 1 unspecified atom stereocenters. The van der Waals surface area contributed by atoms with Gasteiger partial charge in [-0.3, -0.25) is 0 Å². The third kappa shape index (κ3) is 2.86. The summed E-state index contributed by atoms with van der Waals surface area (Å²) in [6.07, 6.45) is 4.40. The van der Waals surface area contributed by atoms with Crippen LogP contribution in [0.2, 0.25) is 0 Å². The maximum Gasteiger partial charge on any atom is 0.0166 e. The van der Waals surface area contributed by atoms with Gasteiger partial charge in [-0.15, -0.1) is 0 Å². The molecule has 0 spiro atoms. The molecule has 1 aliphatic rings. The van der Waals surface area contributed by atoms with E-state index >= 15 is 0 Å². The first-order valence-corrected chi connectivity index (χ1v) is 5.12. The van der Waals surface area contributed by atoms with E-state index in [1.54, 1.807) is 0 Å². The largest absolute Gasteiger partial charge is 0.0978 e. The minimum atomic E-state index is 0.719. The molecule has 0 radical (unpaired) electrons. The van der Waals surface area contributed by atoms with Gasteiger partial charge in [-0.1, -0.05) is 25.7 Å². The van der Waals surface area contributed by atoms with Crippen molar-refractivity contribution in [3.8, 4) is 11.8 Å². The topological polar surface area (TPSA) is 0 Å². The van der Waals surface area contributed by atoms with Crippen LogP contribution in [0.5, 0.6) is 0 Å². The maximum absolute atomic E-state index is 3.14. The van der Waals surface area contributed by atoms with Crippen LogP contribution in [0, 0.1) is 23.7 Å². The lowest BCUT2D eigenvalue weighted by Crippen LogP contribution is -2.05. The Morgan fingerprint density at radius 1 is 1.73 bits per heavy atom. The van der Waals surface area contributed by atoms with E-state index < -0.39 is 0 Å². The zero-order chi connectivity index (χ0) is 8.27. The molecule has 0 aromatic rings. The molecule has 0 bridgehead atoms. The number of halogens is 1. The summed E-state index contributed by atoms with van der Waals surface area (Å²) in [6.45, 7) is 4.54. The van der Waals surface area contributed by atoms with Crippen molar-refractivity contribution >= 4 is 22.6 Å². The molecule has 1 atom stereocenters. The summed E-state index contributed by atoms with van der Waals surface area (Å²) in [7, 11) is 0. The van der Waals surface area contributed by atoms with Gasteiger partial charge in [0.25, 0.3) is 0 Å². The van der Waals surface area contributed by atoms with Gasteiger partial charge in [-0.2, -0.15) is 0 Å². The van der Waals surface area contributed by atoms with E-state index in [1.807, 2.05) is 0 Å². The molecule has 0 saturated carbocycles. The Hall–Kier alpha value is 0.0300. The van der Waals surface area contributed by atoms with Crippen LogP contribution in [-0.4, -0.2) is 0 Å². The Labute approximate surface area is 82.6 Å². The highest BCUT2D eigenvalue weighted by molar-refractivity contribution is 14.1. The lowest BCUT2D eigenvalue weighted by Gasteiger charge is -2.17. The number of allylic oxidation sites excluding steroid dienone is 2.